The van der Waals surface area contributed by atoms with Gasteiger partial charge in [0.25, 0.3) is 5.91 Å². The maximum absolute atomic E-state index is 12.6. The third kappa shape index (κ3) is 2.34. The first kappa shape index (κ1) is 15.3. The number of hydrogen-bond acceptors (Lipinski definition) is 5. The van der Waals surface area contributed by atoms with Crippen LogP contribution in [-0.4, -0.2) is 23.6 Å². The molecule has 126 valence electrons. The Balaban J connectivity index is 1.87. The molecule has 1 amide bonds. The van der Waals surface area contributed by atoms with E-state index in [9.17, 15) is 14.7 Å². The van der Waals surface area contributed by atoms with Crippen LogP contribution < -0.4 is 14.4 Å². The number of para-hydroxylation sites is 1. The summed E-state index contributed by atoms with van der Waals surface area (Å²) in [5, 5.41) is 10.3. The highest BCUT2D eigenvalue weighted by Gasteiger charge is 2.43. The number of amides is 1. The van der Waals surface area contributed by atoms with E-state index in [0.717, 1.165) is 0 Å². The third-order valence-electron chi connectivity index (χ3n) is 4.33. The lowest BCUT2D eigenvalue weighted by Gasteiger charge is -2.26. The molecule has 2 heterocycles. The number of Topliss-reactive ketones (excluding diaryl/α,β-unsaturated/α-hetero) is 1. The average Bonchev–Trinajstić information content (AvgIpc) is 3.18. The molecule has 4 rings (SSSR count). The molecule has 0 saturated heterocycles. The van der Waals surface area contributed by atoms with Crippen LogP contribution in [0.3, 0.4) is 0 Å². The van der Waals surface area contributed by atoms with Crippen molar-refractivity contribution >= 4 is 17.4 Å². The molecule has 2 aliphatic rings. The quantitative estimate of drug-likeness (QED) is 0.932. The Hall–Kier alpha value is -3.28. The molecule has 2 aromatic carbocycles. The van der Waals surface area contributed by atoms with Gasteiger partial charge in [0.15, 0.2) is 23.0 Å². The summed E-state index contributed by atoms with van der Waals surface area (Å²) in [6.07, 6.45) is 0. The van der Waals surface area contributed by atoms with E-state index in [4.69, 9.17) is 9.47 Å². The van der Waals surface area contributed by atoms with Gasteiger partial charge in [-0.1, -0.05) is 24.3 Å². The van der Waals surface area contributed by atoms with Gasteiger partial charge in [-0.25, -0.2) is 0 Å². The summed E-state index contributed by atoms with van der Waals surface area (Å²) < 4.78 is 10.7. The maximum Gasteiger partial charge on any atom is 0.294 e. The minimum Gasteiger partial charge on any atom is -0.503 e. The molecule has 0 bridgehead atoms. The number of ether oxygens (including phenoxy) is 2. The standard InChI is InChI=1S/C19H15NO5/c1-11(21)16-17(12-7-8-14-15(9-12)25-10-24-14)20(19(23)18(16)22)13-5-3-2-4-6-13/h2-9,17,22H,10H2,1H3. The summed E-state index contributed by atoms with van der Waals surface area (Å²) in [7, 11) is 0. The normalized spacial score (nSPS) is 18.8. The van der Waals surface area contributed by atoms with Gasteiger partial charge < -0.3 is 14.6 Å². The highest BCUT2D eigenvalue weighted by Crippen LogP contribution is 2.43. The SMILES string of the molecule is CC(=O)C1=C(O)C(=O)N(c2ccccc2)C1c1ccc2c(c1)OCO2. The van der Waals surface area contributed by atoms with E-state index < -0.39 is 17.7 Å². The lowest BCUT2D eigenvalue weighted by Crippen LogP contribution is -2.30. The van der Waals surface area contributed by atoms with Crippen molar-refractivity contribution in [1.82, 2.24) is 0 Å². The van der Waals surface area contributed by atoms with Crippen LogP contribution in [-0.2, 0) is 9.59 Å². The third-order valence-corrected chi connectivity index (χ3v) is 4.33. The van der Waals surface area contributed by atoms with E-state index in [1.165, 1.54) is 11.8 Å². The van der Waals surface area contributed by atoms with Gasteiger partial charge in [0, 0.05) is 5.69 Å². The molecular weight excluding hydrogens is 322 g/mol. The van der Waals surface area contributed by atoms with Crippen LogP contribution in [0.5, 0.6) is 11.5 Å². The zero-order chi connectivity index (χ0) is 17.6. The first-order valence-electron chi connectivity index (χ1n) is 7.80. The molecule has 1 N–H and O–H groups in total. The molecule has 2 aliphatic heterocycles. The number of anilines is 1. The van der Waals surface area contributed by atoms with Crippen molar-refractivity contribution in [2.24, 2.45) is 0 Å². The van der Waals surface area contributed by atoms with Crippen LogP contribution in [0.2, 0.25) is 0 Å². The molecule has 6 nitrogen and oxygen atoms in total. The van der Waals surface area contributed by atoms with Crippen LogP contribution in [0.1, 0.15) is 18.5 Å². The molecule has 0 fully saturated rings. The van der Waals surface area contributed by atoms with Crippen molar-refractivity contribution in [3.05, 3.63) is 65.4 Å². The number of ketones is 1. The van der Waals surface area contributed by atoms with Crippen molar-refractivity contribution < 1.29 is 24.2 Å². The van der Waals surface area contributed by atoms with Gasteiger partial charge in [0.2, 0.25) is 6.79 Å². The van der Waals surface area contributed by atoms with E-state index in [1.54, 1.807) is 42.5 Å². The fraction of sp³-hybridized carbons (Fsp3) is 0.158. The van der Waals surface area contributed by atoms with Crippen molar-refractivity contribution in [3.8, 4) is 11.5 Å². The van der Waals surface area contributed by atoms with E-state index >= 15 is 0 Å². The number of carbonyl (C=O) groups is 2. The van der Waals surface area contributed by atoms with Gasteiger partial charge in [0.05, 0.1) is 11.6 Å². The minimum absolute atomic E-state index is 0.0766. The van der Waals surface area contributed by atoms with E-state index in [-0.39, 0.29) is 18.1 Å². The van der Waals surface area contributed by atoms with Gasteiger partial charge in [-0.15, -0.1) is 0 Å². The highest BCUT2D eigenvalue weighted by atomic mass is 16.7. The number of rotatable bonds is 3. The first-order valence-corrected chi connectivity index (χ1v) is 7.80. The van der Waals surface area contributed by atoms with Crippen LogP contribution in [0.25, 0.3) is 0 Å². The van der Waals surface area contributed by atoms with Gasteiger partial charge in [-0.3, -0.25) is 14.5 Å². The number of aliphatic hydroxyl groups excluding tert-OH is 1. The summed E-state index contributed by atoms with van der Waals surface area (Å²) in [6, 6.07) is 13.5. The second-order valence-electron chi connectivity index (χ2n) is 5.84. The smallest absolute Gasteiger partial charge is 0.294 e. The van der Waals surface area contributed by atoms with Crippen LogP contribution in [0.15, 0.2) is 59.9 Å². The van der Waals surface area contributed by atoms with E-state index in [0.29, 0.717) is 22.7 Å². The second-order valence-corrected chi connectivity index (χ2v) is 5.84. The summed E-state index contributed by atoms with van der Waals surface area (Å²) in [6.45, 7) is 1.47. The Morgan fingerprint density at radius 3 is 2.56 bits per heavy atom. The zero-order valence-electron chi connectivity index (χ0n) is 13.4. The largest absolute Gasteiger partial charge is 0.503 e. The molecule has 1 unspecified atom stereocenters. The van der Waals surface area contributed by atoms with Crippen molar-refractivity contribution in [1.29, 1.82) is 0 Å². The Morgan fingerprint density at radius 1 is 1.12 bits per heavy atom. The van der Waals surface area contributed by atoms with Crippen molar-refractivity contribution in [2.45, 2.75) is 13.0 Å². The number of nitrogens with zero attached hydrogens (tertiary/aromatic N) is 1. The van der Waals surface area contributed by atoms with Gasteiger partial charge >= 0.3 is 0 Å². The van der Waals surface area contributed by atoms with Gasteiger partial charge in [0.1, 0.15) is 0 Å². The fourth-order valence-electron chi connectivity index (χ4n) is 3.22. The number of carbonyl (C=O) groups excluding carboxylic acids is 2. The zero-order valence-corrected chi connectivity index (χ0v) is 13.4. The lowest BCUT2D eigenvalue weighted by molar-refractivity contribution is -0.117. The van der Waals surface area contributed by atoms with Gasteiger partial charge in [-0.05, 0) is 36.8 Å². The molecular formula is C19H15NO5. The molecule has 25 heavy (non-hydrogen) atoms. The Kier molecular flexibility index (Phi) is 3.46. The fourth-order valence-corrected chi connectivity index (χ4v) is 3.22. The Morgan fingerprint density at radius 2 is 1.84 bits per heavy atom. The van der Waals surface area contributed by atoms with Crippen LogP contribution in [0, 0.1) is 0 Å². The highest BCUT2D eigenvalue weighted by molar-refractivity contribution is 6.16. The molecule has 0 saturated carbocycles. The molecule has 2 aromatic rings. The van der Waals surface area contributed by atoms with E-state index in [2.05, 4.69) is 0 Å². The van der Waals surface area contributed by atoms with Crippen LogP contribution in [0.4, 0.5) is 5.69 Å². The maximum atomic E-state index is 12.6. The summed E-state index contributed by atoms with van der Waals surface area (Å²) in [4.78, 5) is 26.2. The minimum atomic E-state index is -0.720. The second kappa shape index (κ2) is 5.66. The topological polar surface area (TPSA) is 76.1 Å². The molecule has 0 spiro atoms. The molecule has 0 aromatic heterocycles. The summed E-state index contributed by atoms with van der Waals surface area (Å²) in [5.74, 6) is -0.311. The van der Waals surface area contributed by atoms with Crippen molar-refractivity contribution in [2.75, 3.05) is 11.7 Å². The molecule has 0 aliphatic carbocycles. The predicted octanol–water partition coefficient (Wildman–Crippen LogP) is 2.90. The summed E-state index contributed by atoms with van der Waals surface area (Å²) >= 11 is 0. The van der Waals surface area contributed by atoms with E-state index in [1.807, 2.05) is 6.07 Å². The average molecular weight is 337 g/mol. The van der Waals surface area contributed by atoms with Gasteiger partial charge in [-0.2, -0.15) is 0 Å². The number of aliphatic hydroxyl groups is 1. The van der Waals surface area contributed by atoms with Crippen molar-refractivity contribution in [3.63, 3.8) is 0 Å². The predicted molar refractivity (Wildman–Crippen MR) is 89.6 cm³/mol. The molecule has 0 radical (unpaired) electrons. The van der Waals surface area contributed by atoms with Crippen LogP contribution >= 0.6 is 0 Å². The molecule has 1 atom stereocenters. The first-order chi connectivity index (χ1) is 12.1. The lowest BCUT2D eigenvalue weighted by atomic mass is 9.96. The number of benzene rings is 2. The Bertz CT molecular complexity index is 903. The molecule has 6 heteroatoms. The summed E-state index contributed by atoms with van der Waals surface area (Å²) in [5.41, 5.74) is 1.33. The number of fused-ring (bicyclic) bond motifs is 1. The number of hydrogen-bond donors (Lipinski definition) is 1. The Labute approximate surface area is 143 Å². The monoisotopic (exact) mass is 337 g/mol.